The quantitative estimate of drug-likeness (QED) is 0.464. The Morgan fingerprint density at radius 1 is 0.971 bits per heavy atom. The van der Waals surface area contributed by atoms with Crippen LogP contribution in [0.5, 0.6) is 0 Å². The predicted octanol–water partition coefficient (Wildman–Crippen LogP) is 6.30. The number of likely N-dealkylation sites (tertiary alicyclic amines) is 1. The molecule has 186 valence electrons. The summed E-state index contributed by atoms with van der Waals surface area (Å²) in [5.41, 5.74) is -2.42. The molecule has 1 aliphatic rings. The number of nitrogens with zero attached hydrogens (tertiary/aromatic N) is 2. The number of alkyl halides is 6. The van der Waals surface area contributed by atoms with Crippen molar-refractivity contribution in [3.8, 4) is 0 Å². The molecule has 1 aliphatic heterocycles. The molecule has 1 heterocycles. The van der Waals surface area contributed by atoms with Crippen molar-refractivity contribution in [3.63, 3.8) is 0 Å². The normalized spacial score (nSPS) is 17.9. The van der Waals surface area contributed by atoms with Crippen molar-refractivity contribution in [2.45, 2.75) is 50.0 Å². The number of carbonyl (C=O) groups is 1. The van der Waals surface area contributed by atoms with Crippen molar-refractivity contribution in [3.05, 3.63) is 70.8 Å². The molecule has 0 aromatic heterocycles. The van der Waals surface area contributed by atoms with Gasteiger partial charge in [0.1, 0.15) is 0 Å². The van der Waals surface area contributed by atoms with Crippen LogP contribution in [0.3, 0.4) is 0 Å². The number of hydrogen-bond donors (Lipinski definition) is 0. The van der Waals surface area contributed by atoms with E-state index in [1.165, 1.54) is 18.9 Å². The fourth-order valence-corrected chi connectivity index (χ4v) is 4.48. The lowest BCUT2D eigenvalue weighted by atomic mass is 9.70. The van der Waals surface area contributed by atoms with E-state index < -0.39 is 34.9 Å². The van der Waals surface area contributed by atoms with E-state index in [9.17, 15) is 31.1 Å². The summed E-state index contributed by atoms with van der Waals surface area (Å²) in [5.74, 6) is -0.327. The van der Waals surface area contributed by atoms with Crippen LogP contribution in [0.2, 0.25) is 0 Å². The van der Waals surface area contributed by atoms with Gasteiger partial charge in [0, 0.05) is 18.9 Å². The molecule has 9 heteroatoms. The molecule has 1 fully saturated rings. The highest BCUT2D eigenvalue weighted by Crippen LogP contribution is 2.41. The summed E-state index contributed by atoms with van der Waals surface area (Å²) in [5, 5.41) is 0. The van der Waals surface area contributed by atoms with Crippen LogP contribution in [0.4, 0.5) is 26.3 Å². The smallest absolute Gasteiger partial charge is 0.339 e. The van der Waals surface area contributed by atoms with Gasteiger partial charge in [-0.05, 0) is 69.2 Å². The molecule has 1 amide bonds. The number of benzene rings is 2. The van der Waals surface area contributed by atoms with Gasteiger partial charge in [-0.15, -0.1) is 0 Å². The molecule has 0 unspecified atom stereocenters. The first-order chi connectivity index (χ1) is 15.7. The summed E-state index contributed by atoms with van der Waals surface area (Å²) < 4.78 is 79.7. The van der Waals surface area contributed by atoms with E-state index in [1.807, 2.05) is 37.4 Å². The van der Waals surface area contributed by atoms with Gasteiger partial charge in [0.25, 0.3) is 0 Å². The van der Waals surface area contributed by atoms with Crippen molar-refractivity contribution in [2.24, 2.45) is 0 Å². The Kier molecular flexibility index (Phi) is 7.36. The van der Waals surface area contributed by atoms with E-state index in [0.717, 1.165) is 31.5 Å². The van der Waals surface area contributed by atoms with Crippen LogP contribution >= 0.6 is 0 Å². The van der Waals surface area contributed by atoms with Crippen LogP contribution in [0.15, 0.2) is 48.5 Å². The van der Waals surface area contributed by atoms with Crippen LogP contribution in [-0.2, 0) is 22.6 Å². The molecular formula is C25H28F6N2O. The Labute approximate surface area is 195 Å². The summed E-state index contributed by atoms with van der Waals surface area (Å²) in [7, 11) is 3.42. The maximum Gasteiger partial charge on any atom is 0.416 e. The predicted molar refractivity (Wildman–Crippen MR) is 117 cm³/mol. The molecule has 1 atom stereocenters. The first kappa shape index (κ1) is 26.1. The van der Waals surface area contributed by atoms with Crippen molar-refractivity contribution in [1.82, 2.24) is 9.80 Å². The fraction of sp³-hybridized carbons (Fsp3) is 0.480. The highest BCUT2D eigenvalue weighted by molar-refractivity contribution is 5.78. The third kappa shape index (κ3) is 5.74. The third-order valence-electron chi connectivity index (χ3n) is 6.89. The van der Waals surface area contributed by atoms with Gasteiger partial charge in [0.05, 0.1) is 17.2 Å². The zero-order valence-electron chi connectivity index (χ0n) is 19.3. The lowest BCUT2D eigenvalue weighted by Crippen LogP contribution is -2.44. The summed E-state index contributed by atoms with van der Waals surface area (Å²) in [6.07, 6.45) is -8.31. The van der Waals surface area contributed by atoms with Crippen LogP contribution in [-0.4, -0.2) is 42.9 Å². The summed E-state index contributed by atoms with van der Waals surface area (Å²) in [6.45, 7) is 3.01. The molecule has 0 spiro atoms. The highest BCUT2D eigenvalue weighted by atomic mass is 19.4. The van der Waals surface area contributed by atoms with Gasteiger partial charge >= 0.3 is 12.4 Å². The number of rotatable bonds is 5. The largest absolute Gasteiger partial charge is 0.416 e. The lowest BCUT2D eigenvalue weighted by molar-refractivity contribution is -0.143. The maximum absolute atomic E-state index is 13.3. The monoisotopic (exact) mass is 486 g/mol. The zero-order chi connectivity index (χ0) is 25.3. The summed E-state index contributed by atoms with van der Waals surface area (Å²) in [4.78, 5) is 16.7. The Balaban J connectivity index is 1.90. The van der Waals surface area contributed by atoms with E-state index in [1.54, 1.807) is 0 Å². The molecule has 34 heavy (non-hydrogen) atoms. The number of amides is 1. The number of halogens is 6. The van der Waals surface area contributed by atoms with E-state index in [0.29, 0.717) is 12.1 Å². The number of hydrogen-bond acceptors (Lipinski definition) is 2. The highest BCUT2D eigenvalue weighted by Gasteiger charge is 2.40. The van der Waals surface area contributed by atoms with Crippen molar-refractivity contribution >= 4 is 5.91 Å². The Hall–Kier alpha value is -2.55. The molecule has 3 nitrogen and oxygen atoms in total. The Morgan fingerprint density at radius 2 is 1.47 bits per heavy atom. The standard InChI is InChI=1S/C25H28F6N2O/c1-17(18-13-20(24(26,27)28)15-21(14-18)25(29,30)31)33(3)22(34)16-23(9-11-32(2)12-10-23)19-7-5-4-6-8-19/h4-8,13-15,17H,9-12,16H2,1-3H3/t17-/m0/s1. The first-order valence-electron chi connectivity index (χ1n) is 11.0. The maximum atomic E-state index is 13.3. The van der Waals surface area contributed by atoms with Crippen LogP contribution in [0.1, 0.15) is 54.5 Å². The van der Waals surface area contributed by atoms with Crippen LogP contribution in [0.25, 0.3) is 0 Å². The zero-order valence-corrected chi connectivity index (χ0v) is 19.3. The van der Waals surface area contributed by atoms with E-state index in [4.69, 9.17) is 0 Å². The van der Waals surface area contributed by atoms with E-state index >= 15 is 0 Å². The molecule has 2 aromatic rings. The molecule has 2 aromatic carbocycles. The topological polar surface area (TPSA) is 23.6 Å². The van der Waals surface area contributed by atoms with Gasteiger partial charge in [-0.3, -0.25) is 4.79 Å². The minimum absolute atomic E-state index is 0.0982. The average Bonchev–Trinajstić information content (AvgIpc) is 2.78. The Morgan fingerprint density at radius 3 is 1.94 bits per heavy atom. The molecule has 0 saturated carbocycles. The van der Waals surface area contributed by atoms with Gasteiger partial charge in [-0.1, -0.05) is 30.3 Å². The van der Waals surface area contributed by atoms with Gasteiger partial charge in [0.2, 0.25) is 5.91 Å². The molecular weight excluding hydrogens is 458 g/mol. The fourth-order valence-electron chi connectivity index (χ4n) is 4.48. The van der Waals surface area contributed by atoms with Gasteiger partial charge < -0.3 is 9.80 Å². The second kappa shape index (κ2) is 9.60. The van der Waals surface area contributed by atoms with E-state index in [-0.39, 0.29) is 24.0 Å². The molecule has 0 radical (unpaired) electrons. The lowest BCUT2D eigenvalue weighted by Gasteiger charge is -2.42. The SMILES string of the molecule is C[C@@H](c1cc(C(F)(F)F)cc(C(F)(F)F)c1)N(C)C(=O)CC1(c2ccccc2)CCN(C)CC1. The van der Waals surface area contributed by atoms with Gasteiger partial charge in [-0.2, -0.15) is 26.3 Å². The first-order valence-corrected chi connectivity index (χ1v) is 11.0. The minimum Gasteiger partial charge on any atom is -0.339 e. The number of carbonyl (C=O) groups excluding carboxylic acids is 1. The molecule has 3 rings (SSSR count). The minimum atomic E-state index is -4.94. The number of piperidine rings is 1. The van der Waals surface area contributed by atoms with Gasteiger partial charge in [0.15, 0.2) is 0 Å². The van der Waals surface area contributed by atoms with E-state index in [2.05, 4.69) is 4.90 Å². The molecule has 0 N–H and O–H groups in total. The van der Waals surface area contributed by atoms with Crippen molar-refractivity contribution < 1.29 is 31.1 Å². The molecule has 1 saturated heterocycles. The summed E-state index contributed by atoms with van der Waals surface area (Å²) in [6, 6.07) is 10.1. The van der Waals surface area contributed by atoms with Crippen LogP contribution in [0, 0.1) is 0 Å². The third-order valence-corrected chi connectivity index (χ3v) is 6.89. The molecule has 0 aliphatic carbocycles. The molecule has 0 bridgehead atoms. The van der Waals surface area contributed by atoms with Crippen LogP contribution < -0.4 is 0 Å². The second-order valence-corrected chi connectivity index (χ2v) is 9.15. The van der Waals surface area contributed by atoms with Crippen molar-refractivity contribution in [1.29, 1.82) is 0 Å². The van der Waals surface area contributed by atoms with Gasteiger partial charge in [-0.25, -0.2) is 0 Å². The second-order valence-electron chi connectivity index (χ2n) is 9.15. The summed E-state index contributed by atoms with van der Waals surface area (Å²) >= 11 is 0. The average molecular weight is 487 g/mol. The Bertz CT molecular complexity index is 962. The van der Waals surface area contributed by atoms with Crippen molar-refractivity contribution in [2.75, 3.05) is 27.2 Å².